The lowest BCUT2D eigenvalue weighted by molar-refractivity contribution is -0.136. The van der Waals surface area contributed by atoms with Gasteiger partial charge in [-0.15, -0.1) is 0 Å². The molecule has 156 valence electrons. The minimum atomic E-state index is -4.60. The number of halogens is 3. The number of nitrogens with zero attached hydrogens (tertiary/aromatic N) is 1. The molecule has 1 atom stereocenters. The van der Waals surface area contributed by atoms with Crippen molar-refractivity contribution in [1.29, 1.82) is 0 Å². The van der Waals surface area contributed by atoms with Gasteiger partial charge in [0.25, 0.3) is 5.91 Å². The Bertz CT molecular complexity index is 989. The lowest BCUT2D eigenvalue weighted by Crippen LogP contribution is -2.41. The maximum Gasteiger partial charge on any atom is 0.418 e. The number of anilines is 1. The number of alkyl halides is 3. The molecule has 1 aliphatic rings. The lowest BCUT2D eigenvalue weighted by Gasteiger charge is -2.32. The summed E-state index contributed by atoms with van der Waals surface area (Å²) in [6, 6.07) is 9.78. The molecule has 0 unspecified atom stereocenters. The molecule has 3 rings (SSSR count). The van der Waals surface area contributed by atoms with E-state index in [-0.39, 0.29) is 22.2 Å². The zero-order chi connectivity index (χ0) is 21.2. The molecule has 2 aromatic carbocycles. The summed E-state index contributed by atoms with van der Waals surface area (Å²) < 4.78 is 66.3. The van der Waals surface area contributed by atoms with Crippen molar-refractivity contribution in [2.24, 2.45) is 0 Å². The molecule has 1 saturated heterocycles. The van der Waals surface area contributed by atoms with Gasteiger partial charge in [0, 0.05) is 18.2 Å². The van der Waals surface area contributed by atoms with Crippen LogP contribution in [-0.4, -0.2) is 31.2 Å². The zero-order valence-corrected chi connectivity index (χ0v) is 16.6. The first kappa shape index (κ1) is 21.3. The van der Waals surface area contributed by atoms with Crippen LogP contribution in [0.4, 0.5) is 18.9 Å². The van der Waals surface area contributed by atoms with E-state index in [0.717, 1.165) is 31.4 Å². The predicted molar refractivity (Wildman–Crippen MR) is 103 cm³/mol. The van der Waals surface area contributed by atoms with Crippen molar-refractivity contribution in [2.75, 3.05) is 11.9 Å². The standard InChI is InChI=1S/C20H21F3N2O3S/c1-14-6-4-5-13-25(14)29(27,28)16-11-9-15(10-12-16)19(26)24-18-8-3-2-7-17(18)20(21,22)23/h2-3,7-12,14H,4-6,13H2,1H3,(H,24,26)/t14-/m0/s1. The van der Waals surface area contributed by atoms with Gasteiger partial charge >= 0.3 is 6.18 Å². The van der Waals surface area contributed by atoms with Crippen LogP contribution in [0.2, 0.25) is 0 Å². The predicted octanol–water partition coefficient (Wildman–Crippen LogP) is 4.52. The van der Waals surface area contributed by atoms with Crippen molar-refractivity contribution in [3.63, 3.8) is 0 Å². The number of hydrogen-bond acceptors (Lipinski definition) is 3. The minimum Gasteiger partial charge on any atom is -0.321 e. The molecule has 0 saturated carbocycles. The molecule has 0 spiro atoms. The van der Waals surface area contributed by atoms with E-state index in [1.807, 2.05) is 6.92 Å². The molecule has 0 radical (unpaired) electrons. The van der Waals surface area contributed by atoms with Gasteiger partial charge in [0.05, 0.1) is 16.1 Å². The SMILES string of the molecule is C[C@H]1CCCCN1S(=O)(=O)c1ccc(C(=O)Nc2ccccc2C(F)(F)F)cc1. The maximum absolute atomic E-state index is 13.1. The van der Waals surface area contributed by atoms with Crippen LogP contribution < -0.4 is 5.32 Å². The van der Waals surface area contributed by atoms with Gasteiger partial charge in [0.2, 0.25) is 10.0 Å². The fourth-order valence-electron chi connectivity index (χ4n) is 3.38. The summed E-state index contributed by atoms with van der Waals surface area (Å²) in [6.07, 6.45) is -2.04. The Labute approximate surface area is 167 Å². The Hall–Kier alpha value is -2.39. The van der Waals surface area contributed by atoms with Crippen LogP contribution in [-0.2, 0) is 16.2 Å². The van der Waals surface area contributed by atoms with E-state index in [9.17, 15) is 26.4 Å². The summed E-state index contributed by atoms with van der Waals surface area (Å²) in [6.45, 7) is 2.30. The van der Waals surface area contributed by atoms with Crippen molar-refractivity contribution in [3.8, 4) is 0 Å². The van der Waals surface area contributed by atoms with Crippen molar-refractivity contribution < 1.29 is 26.4 Å². The molecular formula is C20H21F3N2O3S. The third-order valence-electron chi connectivity index (χ3n) is 4.95. The summed E-state index contributed by atoms with van der Waals surface area (Å²) in [7, 11) is -3.69. The quantitative estimate of drug-likeness (QED) is 0.782. The third-order valence-corrected chi connectivity index (χ3v) is 6.97. The van der Waals surface area contributed by atoms with Gasteiger partial charge in [0.1, 0.15) is 0 Å². The van der Waals surface area contributed by atoms with Gasteiger partial charge in [-0.2, -0.15) is 17.5 Å². The molecule has 0 aliphatic carbocycles. The van der Waals surface area contributed by atoms with Gasteiger partial charge in [0.15, 0.2) is 0 Å². The Balaban J connectivity index is 1.80. The van der Waals surface area contributed by atoms with Crippen LogP contribution in [0.15, 0.2) is 53.4 Å². The van der Waals surface area contributed by atoms with E-state index in [4.69, 9.17) is 0 Å². The van der Waals surface area contributed by atoms with Gasteiger partial charge in [-0.1, -0.05) is 18.6 Å². The Kier molecular flexibility index (Phi) is 6.00. The average Bonchev–Trinajstić information content (AvgIpc) is 2.68. The highest BCUT2D eigenvalue weighted by Gasteiger charge is 2.34. The number of benzene rings is 2. The summed E-state index contributed by atoms with van der Waals surface area (Å²) in [5.74, 6) is -0.753. The van der Waals surface area contributed by atoms with E-state index in [0.29, 0.717) is 6.54 Å². The fourth-order valence-corrected chi connectivity index (χ4v) is 5.08. The summed E-state index contributed by atoms with van der Waals surface area (Å²) in [5, 5.41) is 2.24. The first-order chi connectivity index (χ1) is 13.6. The maximum atomic E-state index is 13.1. The number of carbonyl (C=O) groups excluding carboxylic acids is 1. The van der Waals surface area contributed by atoms with Crippen LogP contribution >= 0.6 is 0 Å². The second kappa shape index (κ2) is 8.16. The van der Waals surface area contributed by atoms with Crippen LogP contribution in [0.25, 0.3) is 0 Å². The summed E-state index contributed by atoms with van der Waals surface area (Å²) in [5.41, 5.74) is -1.25. The number of nitrogens with one attached hydrogen (secondary N) is 1. The third kappa shape index (κ3) is 4.62. The number of carbonyl (C=O) groups is 1. The van der Waals surface area contributed by atoms with Crippen LogP contribution in [0, 0.1) is 0 Å². The summed E-state index contributed by atoms with van der Waals surface area (Å²) in [4.78, 5) is 12.4. The van der Waals surface area contributed by atoms with E-state index in [2.05, 4.69) is 5.32 Å². The van der Waals surface area contributed by atoms with Crippen LogP contribution in [0.1, 0.15) is 42.1 Å². The Morgan fingerprint density at radius 3 is 2.34 bits per heavy atom. The Morgan fingerprint density at radius 2 is 1.72 bits per heavy atom. The Morgan fingerprint density at radius 1 is 1.07 bits per heavy atom. The highest BCUT2D eigenvalue weighted by atomic mass is 32.2. The normalized spacial score (nSPS) is 18.4. The molecule has 9 heteroatoms. The monoisotopic (exact) mass is 426 g/mol. The fraction of sp³-hybridized carbons (Fsp3) is 0.350. The molecule has 29 heavy (non-hydrogen) atoms. The van der Waals surface area contributed by atoms with Gasteiger partial charge in [-0.25, -0.2) is 8.42 Å². The van der Waals surface area contributed by atoms with Gasteiger partial charge in [-0.3, -0.25) is 4.79 Å². The van der Waals surface area contributed by atoms with E-state index in [1.165, 1.54) is 40.7 Å². The van der Waals surface area contributed by atoms with Crippen molar-refractivity contribution in [3.05, 3.63) is 59.7 Å². The summed E-state index contributed by atoms with van der Waals surface area (Å²) >= 11 is 0. The highest BCUT2D eigenvalue weighted by molar-refractivity contribution is 7.89. The van der Waals surface area contributed by atoms with Crippen LogP contribution in [0.5, 0.6) is 0 Å². The average molecular weight is 426 g/mol. The van der Waals surface area contributed by atoms with E-state index >= 15 is 0 Å². The molecule has 0 bridgehead atoms. The number of piperidine rings is 1. The lowest BCUT2D eigenvalue weighted by atomic mass is 10.1. The molecule has 1 N–H and O–H groups in total. The molecule has 1 heterocycles. The first-order valence-corrected chi connectivity index (χ1v) is 10.6. The second-order valence-electron chi connectivity index (χ2n) is 6.98. The molecule has 1 fully saturated rings. The molecule has 1 amide bonds. The van der Waals surface area contributed by atoms with Crippen molar-refractivity contribution in [1.82, 2.24) is 4.31 Å². The second-order valence-corrected chi connectivity index (χ2v) is 8.87. The van der Waals surface area contributed by atoms with Gasteiger partial charge < -0.3 is 5.32 Å². The van der Waals surface area contributed by atoms with Crippen LogP contribution in [0.3, 0.4) is 0 Å². The van der Waals surface area contributed by atoms with E-state index in [1.54, 1.807) is 0 Å². The number of sulfonamides is 1. The largest absolute Gasteiger partial charge is 0.418 e. The number of rotatable bonds is 4. The molecule has 1 aliphatic heterocycles. The highest BCUT2D eigenvalue weighted by Crippen LogP contribution is 2.34. The molecule has 5 nitrogen and oxygen atoms in total. The molecular weight excluding hydrogens is 405 g/mol. The topological polar surface area (TPSA) is 66.5 Å². The number of para-hydroxylation sites is 1. The number of hydrogen-bond donors (Lipinski definition) is 1. The number of amides is 1. The van der Waals surface area contributed by atoms with E-state index < -0.39 is 27.7 Å². The molecule has 2 aromatic rings. The van der Waals surface area contributed by atoms with Crippen molar-refractivity contribution in [2.45, 2.75) is 43.3 Å². The molecule has 0 aromatic heterocycles. The smallest absolute Gasteiger partial charge is 0.321 e. The van der Waals surface area contributed by atoms with Gasteiger partial charge in [-0.05, 0) is 56.2 Å². The first-order valence-electron chi connectivity index (χ1n) is 9.20. The minimum absolute atomic E-state index is 0.0542. The van der Waals surface area contributed by atoms with Crippen molar-refractivity contribution >= 4 is 21.6 Å². The zero-order valence-electron chi connectivity index (χ0n) is 15.7.